The van der Waals surface area contributed by atoms with Crippen molar-refractivity contribution in [2.24, 2.45) is 5.92 Å². The van der Waals surface area contributed by atoms with Gasteiger partial charge in [0.1, 0.15) is 0 Å². The summed E-state index contributed by atoms with van der Waals surface area (Å²) < 4.78 is 0. The number of amides is 1. The van der Waals surface area contributed by atoms with Crippen molar-refractivity contribution in [1.82, 2.24) is 0 Å². The Kier molecular flexibility index (Phi) is 4.39. The SMILES string of the molecule is O=C(Nc1cccc(Nc2ccccc2)c1)C1CCCC1O. The fraction of sp³-hybridized carbons (Fsp3) is 0.278. The predicted octanol–water partition coefficient (Wildman–Crippen LogP) is 3.53. The molecule has 2 aromatic rings. The van der Waals surface area contributed by atoms with Crippen LogP contribution in [-0.2, 0) is 4.79 Å². The zero-order chi connectivity index (χ0) is 15.4. The molecule has 1 aliphatic carbocycles. The van der Waals surface area contributed by atoms with Gasteiger partial charge in [-0.05, 0) is 49.6 Å². The number of aliphatic hydroxyl groups excluding tert-OH is 1. The highest BCUT2D eigenvalue weighted by Gasteiger charge is 2.31. The van der Waals surface area contributed by atoms with E-state index in [1.165, 1.54) is 0 Å². The maximum atomic E-state index is 12.2. The lowest BCUT2D eigenvalue weighted by molar-refractivity contribution is -0.122. The van der Waals surface area contributed by atoms with Crippen molar-refractivity contribution in [2.45, 2.75) is 25.4 Å². The molecule has 0 aliphatic heterocycles. The Hall–Kier alpha value is -2.33. The lowest BCUT2D eigenvalue weighted by atomic mass is 10.1. The zero-order valence-corrected chi connectivity index (χ0v) is 12.3. The Morgan fingerprint density at radius 2 is 1.68 bits per heavy atom. The second-order valence-electron chi connectivity index (χ2n) is 5.67. The molecule has 2 unspecified atom stereocenters. The number of anilines is 3. The van der Waals surface area contributed by atoms with Crippen molar-refractivity contribution in [3.05, 3.63) is 54.6 Å². The molecule has 1 amide bonds. The largest absolute Gasteiger partial charge is 0.392 e. The van der Waals surface area contributed by atoms with Crippen LogP contribution >= 0.6 is 0 Å². The van der Waals surface area contributed by atoms with E-state index in [0.29, 0.717) is 6.42 Å². The fourth-order valence-electron chi connectivity index (χ4n) is 2.84. The Balaban J connectivity index is 1.67. The van der Waals surface area contributed by atoms with Crippen LogP contribution in [0.2, 0.25) is 0 Å². The number of benzene rings is 2. The van der Waals surface area contributed by atoms with Gasteiger partial charge in [0.2, 0.25) is 5.91 Å². The van der Waals surface area contributed by atoms with Crippen LogP contribution < -0.4 is 10.6 Å². The third-order valence-corrected chi connectivity index (χ3v) is 4.01. The van der Waals surface area contributed by atoms with E-state index in [9.17, 15) is 9.90 Å². The maximum Gasteiger partial charge on any atom is 0.230 e. The molecule has 22 heavy (non-hydrogen) atoms. The van der Waals surface area contributed by atoms with Gasteiger partial charge in [0.05, 0.1) is 12.0 Å². The van der Waals surface area contributed by atoms with Crippen LogP contribution in [0.25, 0.3) is 0 Å². The van der Waals surface area contributed by atoms with Gasteiger partial charge in [-0.15, -0.1) is 0 Å². The smallest absolute Gasteiger partial charge is 0.230 e. The van der Waals surface area contributed by atoms with Gasteiger partial charge >= 0.3 is 0 Å². The summed E-state index contributed by atoms with van der Waals surface area (Å²) in [5.74, 6) is -0.382. The molecule has 2 atom stereocenters. The first-order chi connectivity index (χ1) is 10.7. The summed E-state index contributed by atoms with van der Waals surface area (Å²) in [5, 5.41) is 16.0. The zero-order valence-electron chi connectivity index (χ0n) is 12.3. The Bertz CT molecular complexity index is 643. The average Bonchev–Trinajstić information content (AvgIpc) is 2.95. The average molecular weight is 296 g/mol. The minimum absolute atomic E-state index is 0.0955. The molecule has 0 spiro atoms. The van der Waals surface area contributed by atoms with Crippen LogP contribution in [0.3, 0.4) is 0 Å². The number of hydrogen-bond donors (Lipinski definition) is 3. The number of nitrogens with one attached hydrogen (secondary N) is 2. The quantitative estimate of drug-likeness (QED) is 0.809. The van der Waals surface area contributed by atoms with Gasteiger partial charge in [-0.1, -0.05) is 24.3 Å². The molecule has 3 rings (SSSR count). The van der Waals surface area contributed by atoms with Gasteiger partial charge in [0.25, 0.3) is 0 Å². The second-order valence-corrected chi connectivity index (χ2v) is 5.67. The normalized spacial score (nSPS) is 20.6. The lowest BCUT2D eigenvalue weighted by Crippen LogP contribution is -2.28. The highest BCUT2D eigenvalue weighted by Crippen LogP contribution is 2.27. The van der Waals surface area contributed by atoms with Crippen LogP contribution in [0.5, 0.6) is 0 Å². The summed E-state index contributed by atoms with van der Waals surface area (Å²) in [4.78, 5) is 12.2. The lowest BCUT2D eigenvalue weighted by Gasteiger charge is -2.15. The van der Waals surface area contributed by atoms with E-state index in [-0.39, 0.29) is 11.8 Å². The Labute approximate surface area is 130 Å². The molecular formula is C18H20N2O2. The second kappa shape index (κ2) is 6.62. The third kappa shape index (κ3) is 3.46. The van der Waals surface area contributed by atoms with Crippen LogP contribution in [0.1, 0.15) is 19.3 Å². The third-order valence-electron chi connectivity index (χ3n) is 4.01. The van der Waals surface area contributed by atoms with E-state index in [2.05, 4.69) is 10.6 Å². The molecule has 0 bridgehead atoms. The summed E-state index contributed by atoms with van der Waals surface area (Å²) in [6.45, 7) is 0. The highest BCUT2D eigenvalue weighted by molar-refractivity contribution is 5.93. The molecule has 0 aromatic heterocycles. The topological polar surface area (TPSA) is 61.4 Å². The first-order valence-electron chi connectivity index (χ1n) is 7.63. The van der Waals surface area contributed by atoms with Gasteiger partial charge < -0.3 is 15.7 Å². The van der Waals surface area contributed by atoms with Crippen molar-refractivity contribution < 1.29 is 9.90 Å². The summed E-state index contributed by atoms with van der Waals surface area (Å²) in [6, 6.07) is 17.5. The van der Waals surface area contributed by atoms with Gasteiger partial charge in [-0.25, -0.2) is 0 Å². The van der Waals surface area contributed by atoms with Crippen molar-refractivity contribution in [1.29, 1.82) is 0 Å². The van der Waals surface area contributed by atoms with E-state index in [0.717, 1.165) is 29.9 Å². The van der Waals surface area contributed by atoms with Crippen molar-refractivity contribution in [3.8, 4) is 0 Å². The summed E-state index contributed by atoms with van der Waals surface area (Å²) >= 11 is 0. The van der Waals surface area contributed by atoms with E-state index < -0.39 is 6.10 Å². The molecule has 2 aromatic carbocycles. The van der Waals surface area contributed by atoms with E-state index in [1.54, 1.807) is 0 Å². The Morgan fingerprint density at radius 1 is 0.955 bits per heavy atom. The molecule has 4 nitrogen and oxygen atoms in total. The molecule has 0 heterocycles. The van der Waals surface area contributed by atoms with Crippen LogP contribution in [-0.4, -0.2) is 17.1 Å². The minimum atomic E-state index is -0.509. The summed E-state index contributed by atoms with van der Waals surface area (Å²) in [5.41, 5.74) is 2.65. The molecule has 1 aliphatic rings. The first kappa shape index (κ1) is 14.6. The van der Waals surface area contributed by atoms with Crippen molar-refractivity contribution >= 4 is 23.0 Å². The van der Waals surface area contributed by atoms with E-state index in [1.807, 2.05) is 54.6 Å². The number of aliphatic hydroxyl groups is 1. The molecule has 0 radical (unpaired) electrons. The van der Waals surface area contributed by atoms with Crippen molar-refractivity contribution in [3.63, 3.8) is 0 Å². The van der Waals surface area contributed by atoms with Gasteiger partial charge in [0.15, 0.2) is 0 Å². The van der Waals surface area contributed by atoms with E-state index >= 15 is 0 Å². The standard InChI is InChI=1S/C18H20N2O2/c21-17-11-5-10-16(17)18(22)20-15-9-4-8-14(12-15)19-13-6-2-1-3-7-13/h1-4,6-9,12,16-17,19,21H,5,10-11H2,(H,20,22). The fourth-order valence-corrected chi connectivity index (χ4v) is 2.84. The predicted molar refractivity (Wildman–Crippen MR) is 88.1 cm³/mol. The molecule has 114 valence electrons. The van der Waals surface area contributed by atoms with Crippen LogP contribution in [0.4, 0.5) is 17.1 Å². The number of carbonyl (C=O) groups is 1. The number of hydrogen-bond acceptors (Lipinski definition) is 3. The molecule has 0 saturated heterocycles. The number of para-hydroxylation sites is 1. The molecule has 3 N–H and O–H groups in total. The van der Waals surface area contributed by atoms with Crippen LogP contribution in [0.15, 0.2) is 54.6 Å². The number of carbonyl (C=O) groups excluding carboxylic acids is 1. The van der Waals surface area contributed by atoms with Crippen molar-refractivity contribution in [2.75, 3.05) is 10.6 Å². The molecule has 1 fully saturated rings. The summed E-state index contributed by atoms with van der Waals surface area (Å²) in [7, 11) is 0. The molecule has 1 saturated carbocycles. The van der Waals surface area contributed by atoms with Gasteiger partial charge in [-0.2, -0.15) is 0 Å². The van der Waals surface area contributed by atoms with Crippen LogP contribution in [0, 0.1) is 5.92 Å². The highest BCUT2D eigenvalue weighted by atomic mass is 16.3. The molecular weight excluding hydrogens is 276 g/mol. The monoisotopic (exact) mass is 296 g/mol. The Morgan fingerprint density at radius 3 is 2.41 bits per heavy atom. The summed E-state index contributed by atoms with van der Waals surface area (Å²) in [6.07, 6.45) is 1.88. The molecule has 4 heteroatoms. The van der Waals surface area contributed by atoms with E-state index in [4.69, 9.17) is 0 Å². The maximum absolute atomic E-state index is 12.2. The number of rotatable bonds is 4. The van der Waals surface area contributed by atoms with Gasteiger partial charge in [0, 0.05) is 17.1 Å². The van der Waals surface area contributed by atoms with Gasteiger partial charge in [-0.3, -0.25) is 4.79 Å². The first-order valence-corrected chi connectivity index (χ1v) is 7.63. The minimum Gasteiger partial charge on any atom is -0.392 e.